The molecule has 0 aliphatic heterocycles. The molecule has 3 rings (SSSR count). The Hall–Kier alpha value is -3.00. The monoisotopic (exact) mass is 413 g/mol. The quantitative estimate of drug-likeness (QED) is 0.571. The lowest BCUT2D eigenvalue weighted by molar-refractivity contribution is -0.115. The molecule has 3 aromatic rings. The van der Waals surface area contributed by atoms with Crippen molar-refractivity contribution in [3.63, 3.8) is 0 Å². The molecule has 0 unspecified atom stereocenters. The number of anilines is 1. The highest BCUT2D eigenvalue weighted by Crippen LogP contribution is 2.31. The van der Waals surface area contributed by atoms with E-state index in [-0.39, 0.29) is 5.91 Å². The molecule has 1 atom stereocenters. The SMILES string of the molecule is COc1ccc(NC(=O)[C@@H](C)Sc2nnc(-c3ccc(C)c(C)c3)o2)cc1OC. The van der Waals surface area contributed by atoms with Crippen LogP contribution in [0.1, 0.15) is 18.1 Å². The lowest BCUT2D eigenvalue weighted by Crippen LogP contribution is -2.22. The Labute approximate surface area is 173 Å². The third kappa shape index (κ3) is 4.89. The highest BCUT2D eigenvalue weighted by Gasteiger charge is 2.19. The number of rotatable bonds is 7. The zero-order valence-electron chi connectivity index (χ0n) is 17.0. The molecule has 8 heteroatoms. The molecule has 7 nitrogen and oxygen atoms in total. The van der Waals surface area contributed by atoms with Crippen LogP contribution in [0.15, 0.2) is 46.0 Å². The molecular weight excluding hydrogens is 390 g/mol. The normalized spacial score (nSPS) is 11.8. The highest BCUT2D eigenvalue weighted by molar-refractivity contribution is 8.00. The van der Waals surface area contributed by atoms with Crippen LogP contribution in [0.3, 0.4) is 0 Å². The molecule has 1 N–H and O–H groups in total. The summed E-state index contributed by atoms with van der Waals surface area (Å²) >= 11 is 1.20. The van der Waals surface area contributed by atoms with Gasteiger partial charge in [0.05, 0.1) is 19.5 Å². The van der Waals surface area contributed by atoms with Gasteiger partial charge in [-0.2, -0.15) is 0 Å². The van der Waals surface area contributed by atoms with E-state index in [9.17, 15) is 4.79 Å². The second-order valence-electron chi connectivity index (χ2n) is 6.49. The molecule has 152 valence electrons. The summed E-state index contributed by atoms with van der Waals surface area (Å²) in [6.07, 6.45) is 0. The minimum Gasteiger partial charge on any atom is -0.493 e. The van der Waals surface area contributed by atoms with Gasteiger partial charge in [0.25, 0.3) is 5.22 Å². The molecule has 0 aliphatic rings. The first-order chi connectivity index (χ1) is 13.9. The number of ether oxygens (including phenoxy) is 2. The number of nitrogens with one attached hydrogen (secondary N) is 1. The van der Waals surface area contributed by atoms with Crippen LogP contribution < -0.4 is 14.8 Å². The predicted molar refractivity (Wildman–Crippen MR) is 113 cm³/mol. The number of hydrogen-bond donors (Lipinski definition) is 1. The van der Waals surface area contributed by atoms with Crippen molar-refractivity contribution in [2.24, 2.45) is 0 Å². The Balaban J connectivity index is 1.65. The smallest absolute Gasteiger partial charge is 0.277 e. The minimum atomic E-state index is -0.434. The fraction of sp³-hybridized carbons (Fsp3) is 0.286. The molecule has 0 spiro atoms. The maximum absolute atomic E-state index is 12.5. The third-order valence-electron chi connectivity index (χ3n) is 4.46. The Bertz CT molecular complexity index is 1020. The van der Waals surface area contributed by atoms with E-state index in [0.29, 0.717) is 28.3 Å². The molecule has 1 heterocycles. The van der Waals surface area contributed by atoms with E-state index in [0.717, 1.165) is 11.1 Å². The number of amides is 1. The van der Waals surface area contributed by atoms with Gasteiger partial charge in [0.1, 0.15) is 0 Å². The van der Waals surface area contributed by atoms with Crippen molar-refractivity contribution < 1.29 is 18.7 Å². The third-order valence-corrected chi connectivity index (χ3v) is 5.39. The van der Waals surface area contributed by atoms with Crippen molar-refractivity contribution in [1.82, 2.24) is 10.2 Å². The van der Waals surface area contributed by atoms with Gasteiger partial charge >= 0.3 is 0 Å². The maximum atomic E-state index is 12.5. The number of nitrogens with zero attached hydrogens (tertiary/aromatic N) is 2. The first-order valence-corrected chi connectivity index (χ1v) is 9.90. The number of thioether (sulfide) groups is 1. The fourth-order valence-electron chi connectivity index (χ4n) is 2.61. The standard InChI is InChI=1S/C21H23N3O4S/c1-12-6-7-15(10-13(12)2)20-23-24-21(28-20)29-14(3)19(25)22-16-8-9-17(26-4)18(11-16)27-5/h6-11,14H,1-5H3,(H,22,25)/t14-/m1/s1. The van der Waals surface area contributed by atoms with Gasteiger partial charge < -0.3 is 19.2 Å². The highest BCUT2D eigenvalue weighted by atomic mass is 32.2. The number of aryl methyl sites for hydroxylation is 2. The summed E-state index contributed by atoms with van der Waals surface area (Å²) in [6, 6.07) is 11.2. The van der Waals surface area contributed by atoms with Gasteiger partial charge in [0.15, 0.2) is 11.5 Å². The fourth-order valence-corrected chi connectivity index (χ4v) is 3.29. The molecule has 2 aromatic carbocycles. The van der Waals surface area contributed by atoms with E-state index in [1.54, 1.807) is 39.3 Å². The number of hydrogen-bond acceptors (Lipinski definition) is 7. The van der Waals surface area contributed by atoms with Crippen LogP contribution in [0.25, 0.3) is 11.5 Å². The summed E-state index contributed by atoms with van der Waals surface area (Å²) in [7, 11) is 3.11. The van der Waals surface area contributed by atoms with Crippen molar-refractivity contribution in [1.29, 1.82) is 0 Å². The van der Waals surface area contributed by atoms with Crippen molar-refractivity contribution in [2.45, 2.75) is 31.2 Å². The molecule has 1 amide bonds. The topological polar surface area (TPSA) is 86.5 Å². The first kappa shape index (κ1) is 20.7. The van der Waals surface area contributed by atoms with Gasteiger partial charge in [-0.05, 0) is 56.2 Å². The first-order valence-electron chi connectivity index (χ1n) is 9.02. The number of aromatic nitrogens is 2. The van der Waals surface area contributed by atoms with E-state index in [2.05, 4.69) is 15.5 Å². The predicted octanol–water partition coefficient (Wildman–Crippen LogP) is 4.49. The largest absolute Gasteiger partial charge is 0.493 e. The van der Waals surface area contributed by atoms with Gasteiger partial charge in [-0.25, -0.2) is 0 Å². The van der Waals surface area contributed by atoms with Crippen LogP contribution in [0.4, 0.5) is 5.69 Å². The van der Waals surface area contributed by atoms with E-state index in [4.69, 9.17) is 13.9 Å². The minimum absolute atomic E-state index is 0.187. The number of methoxy groups -OCH3 is 2. The maximum Gasteiger partial charge on any atom is 0.277 e. The van der Waals surface area contributed by atoms with Crippen LogP contribution >= 0.6 is 11.8 Å². The molecule has 0 saturated carbocycles. The van der Waals surface area contributed by atoms with Gasteiger partial charge in [-0.3, -0.25) is 4.79 Å². The van der Waals surface area contributed by atoms with E-state index in [1.807, 2.05) is 32.0 Å². The van der Waals surface area contributed by atoms with E-state index < -0.39 is 5.25 Å². The Morgan fingerprint density at radius 1 is 1.03 bits per heavy atom. The summed E-state index contributed by atoms with van der Waals surface area (Å²) in [6.45, 7) is 5.86. The Morgan fingerprint density at radius 3 is 2.48 bits per heavy atom. The molecule has 0 bridgehead atoms. The summed E-state index contributed by atoms with van der Waals surface area (Å²) < 4.78 is 16.2. The van der Waals surface area contributed by atoms with Crippen molar-refractivity contribution in [3.05, 3.63) is 47.5 Å². The number of carbonyl (C=O) groups is 1. The van der Waals surface area contributed by atoms with Crippen LogP contribution in [0.5, 0.6) is 11.5 Å². The molecule has 0 aliphatic carbocycles. The van der Waals surface area contributed by atoms with Gasteiger partial charge in [0, 0.05) is 17.3 Å². The van der Waals surface area contributed by atoms with Gasteiger partial charge in [-0.15, -0.1) is 10.2 Å². The summed E-state index contributed by atoms with van der Waals surface area (Å²) in [5, 5.41) is 10.9. The number of carbonyl (C=O) groups excluding carboxylic acids is 1. The summed E-state index contributed by atoms with van der Waals surface area (Å²) in [5.41, 5.74) is 3.82. The lowest BCUT2D eigenvalue weighted by Gasteiger charge is -2.12. The zero-order chi connectivity index (χ0) is 21.0. The van der Waals surface area contributed by atoms with Crippen molar-refractivity contribution in [2.75, 3.05) is 19.5 Å². The Morgan fingerprint density at radius 2 is 1.79 bits per heavy atom. The zero-order valence-corrected chi connectivity index (χ0v) is 17.8. The van der Waals surface area contributed by atoms with Crippen LogP contribution in [-0.4, -0.2) is 35.6 Å². The lowest BCUT2D eigenvalue weighted by atomic mass is 10.1. The molecule has 0 saturated heterocycles. The number of benzene rings is 2. The van der Waals surface area contributed by atoms with Crippen molar-refractivity contribution >= 4 is 23.4 Å². The second-order valence-corrected chi connectivity index (χ2v) is 7.78. The van der Waals surface area contributed by atoms with Crippen LogP contribution in [-0.2, 0) is 4.79 Å². The van der Waals surface area contributed by atoms with Crippen molar-refractivity contribution in [3.8, 4) is 23.0 Å². The Kier molecular flexibility index (Phi) is 6.43. The van der Waals surface area contributed by atoms with E-state index in [1.165, 1.54) is 17.3 Å². The summed E-state index contributed by atoms with van der Waals surface area (Å²) in [5.74, 6) is 1.38. The molecule has 0 radical (unpaired) electrons. The molecule has 0 fully saturated rings. The average molecular weight is 413 g/mol. The van der Waals surface area contributed by atoms with Gasteiger partial charge in [0.2, 0.25) is 11.8 Å². The second kappa shape index (κ2) is 9.00. The molecular formula is C21H23N3O4S. The average Bonchev–Trinajstić information content (AvgIpc) is 3.18. The van der Waals surface area contributed by atoms with E-state index >= 15 is 0 Å². The van der Waals surface area contributed by atoms with Crippen LogP contribution in [0.2, 0.25) is 0 Å². The summed E-state index contributed by atoms with van der Waals surface area (Å²) in [4.78, 5) is 12.5. The molecule has 29 heavy (non-hydrogen) atoms. The molecule has 1 aromatic heterocycles. The van der Waals surface area contributed by atoms with Crippen LogP contribution in [0, 0.1) is 13.8 Å². The van der Waals surface area contributed by atoms with Gasteiger partial charge in [-0.1, -0.05) is 17.8 Å².